The van der Waals surface area contributed by atoms with Gasteiger partial charge in [-0.15, -0.1) is 0 Å². The molecule has 0 aromatic carbocycles. The highest BCUT2D eigenvalue weighted by Gasteiger charge is 2.62. The second-order valence-electron chi connectivity index (χ2n) is 12.3. The molecule has 0 spiro atoms. The van der Waals surface area contributed by atoms with Crippen molar-refractivity contribution >= 4 is 24.4 Å². The van der Waals surface area contributed by atoms with Crippen LogP contribution < -0.4 is 16.5 Å². The molecule has 1 aliphatic heterocycles. The standard InChI is InChI=1S/C22H42N4O4.C6H13NO.C3H8.C2H4O/c1-9-12(2)19(25(6)24-5)17(29-7)11-18(27)26-16(10-15-13(3)20(15)26)21(30-8)14(4)22(23)28;1-5(2)6(4-8)7-3;1-3-2;1-2-3/h12-17,19-21,24H,9-11H2,1-8H3,(H2,23,28);4-7H,1-3H3;3H2,1-2H3;2H,1H3. The first-order chi connectivity index (χ1) is 20.7. The minimum absolute atomic E-state index is 0.0231. The van der Waals surface area contributed by atoms with Crippen molar-refractivity contribution in [3.63, 3.8) is 0 Å². The molecule has 10 unspecified atom stereocenters. The van der Waals surface area contributed by atoms with E-state index in [0.29, 0.717) is 30.1 Å². The van der Waals surface area contributed by atoms with Crippen molar-refractivity contribution in [3.8, 4) is 0 Å². The molecular formula is C33H67N5O6. The molecule has 2 fully saturated rings. The summed E-state index contributed by atoms with van der Waals surface area (Å²) < 4.78 is 11.5. The van der Waals surface area contributed by atoms with Crippen LogP contribution >= 0.6 is 0 Å². The summed E-state index contributed by atoms with van der Waals surface area (Å²) in [5.41, 5.74) is 8.74. The summed E-state index contributed by atoms with van der Waals surface area (Å²) in [4.78, 5) is 46.3. The Balaban J connectivity index is 0. The highest BCUT2D eigenvalue weighted by atomic mass is 16.5. The van der Waals surface area contributed by atoms with Crippen LogP contribution in [0, 0.1) is 29.6 Å². The van der Waals surface area contributed by atoms with Gasteiger partial charge in [0.15, 0.2) is 0 Å². The summed E-state index contributed by atoms with van der Waals surface area (Å²) in [6.45, 7) is 18.0. The number of primary amides is 1. The molecule has 4 N–H and O–H groups in total. The van der Waals surface area contributed by atoms with Crippen LogP contribution in [0.2, 0.25) is 0 Å². The van der Waals surface area contributed by atoms with E-state index >= 15 is 0 Å². The van der Waals surface area contributed by atoms with Gasteiger partial charge in [0.05, 0.1) is 42.7 Å². The van der Waals surface area contributed by atoms with Crippen LogP contribution in [-0.2, 0) is 28.7 Å². The van der Waals surface area contributed by atoms with E-state index in [4.69, 9.17) is 20.0 Å². The topological polar surface area (TPSA) is 143 Å². The van der Waals surface area contributed by atoms with Crippen LogP contribution in [0.15, 0.2) is 0 Å². The predicted octanol–water partition coefficient (Wildman–Crippen LogP) is 3.30. The zero-order valence-corrected chi connectivity index (χ0v) is 30.3. The van der Waals surface area contributed by atoms with Crippen LogP contribution in [0.5, 0.6) is 0 Å². The monoisotopic (exact) mass is 630 g/mol. The number of aldehydes is 2. The number of carbonyl (C=O) groups excluding carboxylic acids is 4. The Morgan fingerprint density at radius 3 is 1.91 bits per heavy atom. The Kier molecular flexibility index (Phi) is 23.5. The lowest BCUT2D eigenvalue weighted by Crippen LogP contribution is -2.55. The van der Waals surface area contributed by atoms with E-state index in [1.807, 2.05) is 37.9 Å². The van der Waals surface area contributed by atoms with Gasteiger partial charge in [0, 0.05) is 27.3 Å². The SMILES string of the molecule is CC=O.CCC.CCC(C)C(C(CC(=O)N1C(C(OC)C(C)C(N)=O)CC2C(C)C21)OC)N(C)NC.CNC(C=O)C(C)C. The van der Waals surface area contributed by atoms with Gasteiger partial charge in [-0.25, -0.2) is 5.01 Å². The van der Waals surface area contributed by atoms with Crippen LogP contribution in [0.3, 0.4) is 0 Å². The lowest BCUT2D eigenvalue weighted by Gasteiger charge is -2.39. The third-order valence-corrected chi connectivity index (χ3v) is 8.87. The third kappa shape index (κ3) is 13.2. The molecule has 11 heteroatoms. The normalized spacial score (nSPS) is 24.0. The van der Waals surface area contributed by atoms with Gasteiger partial charge in [-0.2, -0.15) is 0 Å². The van der Waals surface area contributed by atoms with Crippen LogP contribution in [0.25, 0.3) is 0 Å². The third-order valence-electron chi connectivity index (χ3n) is 8.87. The van der Waals surface area contributed by atoms with E-state index in [1.54, 1.807) is 28.2 Å². The largest absolute Gasteiger partial charge is 0.379 e. The first kappa shape index (κ1) is 44.2. The Hall–Kier alpha value is -1.92. The first-order valence-electron chi connectivity index (χ1n) is 16.3. The zero-order valence-electron chi connectivity index (χ0n) is 30.3. The number of fused-ring (bicyclic) bond motifs is 1. The number of likely N-dealkylation sites (tertiary alicyclic amines) is 1. The molecule has 1 saturated carbocycles. The van der Waals surface area contributed by atoms with E-state index in [-0.39, 0.29) is 36.2 Å². The van der Waals surface area contributed by atoms with Crippen LogP contribution in [0.4, 0.5) is 0 Å². The lowest BCUT2D eigenvalue weighted by molar-refractivity contribution is -0.144. The van der Waals surface area contributed by atoms with E-state index in [2.05, 4.69) is 45.4 Å². The van der Waals surface area contributed by atoms with Crippen LogP contribution in [-0.4, -0.2) is 106 Å². The highest BCUT2D eigenvalue weighted by molar-refractivity contribution is 5.80. The number of hydrogen-bond donors (Lipinski definition) is 3. The van der Waals surface area contributed by atoms with Crippen LogP contribution in [0.1, 0.15) is 88.0 Å². The fourth-order valence-electron chi connectivity index (χ4n) is 6.02. The molecule has 2 aliphatic rings. The second kappa shape index (κ2) is 23.4. The number of carbonyl (C=O) groups is 4. The maximum atomic E-state index is 13.6. The average molecular weight is 630 g/mol. The molecule has 44 heavy (non-hydrogen) atoms. The van der Waals surface area contributed by atoms with Gasteiger partial charge in [-0.05, 0) is 51.1 Å². The molecule has 0 radical (unpaired) electrons. The lowest BCUT2D eigenvalue weighted by atomic mass is 9.90. The number of hydrogen-bond acceptors (Lipinski definition) is 9. The van der Waals surface area contributed by atoms with Gasteiger partial charge >= 0.3 is 0 Å². The Morgan fingerprint density at radius 2 is 1.59 bits per heavy atom. The van der Waals surface area contributed by atoms with Gasteiger partial charge in [-0.3, -0.25) is 15.0 Å². The molecule has 1 saturated heterocycles. The van der Waals surface area contributed by atoms with Crippen molar-refractivity contribution < 1.29 is 28.7 Å². The summed E-state index contributed by atoms with van der Waals surface area (Å²) in [6.07, 6.45) is 4.44. The Bertz CT molecular complexity index is 806. The summed E-state index contributed by atoms with van der Waals surface area (Å²) in [7, 11) is 8.93. The van der Waals surface area contributed by atoms with Crippen molar-refractivity contribution in [3.05, 3.63) is 0 Å². The first-order valence-corrected chi connectivity index (χ1v) is 16.3. The number of nitrogens with two attached hydrogens (primary N) is 1. The molecule has 260 valence electrons. The van der Waals surface area contributed by atoms with E-state index in [1.165, 1.54) is 13.3 Å². The highest BCUT2D eigenvalue weighted by Crippen LogP contribution is 2.54. The number of likely N-dealkylation sites (N-methyl/N-ethyl adjacent to an activating group) is 2. The number of rotatable bonds is 15. The maximum absolute atomic E-state index is 13.6. The molecule has 2 rings (SSSR count). The molecule has 1 heterocycles. The summed E-state index contributed by atoms with van der Waals surface area (Å²) in [6, 6.07) is 0.180. The van der Waals surface area contributed by atoms with Gasteiger partial charge in [0.2, 0.25) is 11.8 Å². The fraction of sp³-hybridized carbons (Fsp3) is 0.879. The van der Waals surface area contributed by atoms with E-state index in [9.17, 15) is 14.4 Å². The quantitative estimate of drug-likeness (QED) is 0.184. The molecular weight excluding hydrogens is 562 g/mol. The Labute approximate surface area is 268 Å². The molecule has 1 aliphatic carbocycles. The molecule has 2 amide bonds. The van der Waals surface area contributed by atoms with Gasteiger partial charge in [0.25, 0.3) is 0 Å². The maximum Gasteiger partial charge on any atom is 0.225 e. The molecule has 11 nitrogen and oxygen atoms in total. The number of methoxy groups -OCH3 is 2. The number of hydrazine groups is 1. The van der Waals surface area contributed by atoms with E-state index in [0.717, 1.165) is 25.4 Å². The van der Waals surface area contributed by atoms with Gasteiger partial charge in [0.1, 0.15) is 12.6 Å². The van der Waals surface area contributed by atoms with Crippen molar-refractivity contribution in [1.82, 2.24) is 20.7 Å². The van der Waals surface area contributed by atoms with Crippen molar-refractivity contribution in [2.75, 3.05) is 35.4 Å². The van der Waals surface area contributed by atoms with E-state index < -0.39 is 17.9 Å². The summed E-state index contributed by atoms with van der Waals surface area (Å²) in [5, 5.41) is 4.92. The van der Waals surface area contributed by atoms with Crippen molar-refractivity contribution in [2.24, 2.45) is 35.3 Å². The fourth-order valence-corrected chi connectivity index (χ4v) is 6.02. The summed E-state index contributed by atoms with van der Waals surface area (Å²) in [5.74, 6) is 0.928. The molecule has 10 atom stereocenters. The number of ether oxygens (including phenoxy) is 2. The number of piperidine rings is 1. The summed E-state index contributed by atoms with van der Waals surface area (Å²) >= 11 is 0. The van der Waals surface area contributed by atoms with Gasteiger partial charge < -0.3 is 35.0 Å². The second-order valence-corrected chi connectivity index (χ2v) is 12.3. The molecule has 0 aromatic rings. The smallest absolute Gasteiger partial charge is 0.225 e. The van der Waals surface area contributed by atoms with Crippen molar-refractivity contribution in [1.29, 1.82) is 0 Å². The molecule has 0 bridgehead atoms. The minimum Gasteiger partial charge on any atom is -0.379 e. The molecule has 0 aromatic heterocycles. The predicted molar refractivity (Wildman–Crippen MR) is 178 cm³/mol. The zero-order chi connectivity index (χ0) is 34.7. The van der Waals surface area contributed by atoms with Gasteiger partial charge in [-0.1, -0.05) is 68.2 Å². The number of amides is 2. The number of nitrogens with one attached hydrogen (secondary N) is 2. The average Bonchev–Trinajstić information content (AvgIpc) is 3.41. The minimum atomic E-state index is -0.454. The number of nitrogens with zero attached hydrogens (tertiary/aromatic N) is 2. The Morgan fingerprint density at radius 1 is 1.07 bits per heavy atom. The van der Waals surface area contributed by atoms with Crippen molar-refractivity contribution in [2.45, 2.75) is 124 Å².